The van der Waals surface area contributed by atoms with Crippen molar-refractivity contribution in [1.82, 2.24) is 5.32 Å². The Balaban J connectivity index is 1.81. The van der Waals surface area contributed by atoms with Crippen molar-refractivity contribution in [3.05, 3.63) is 81.7 Å². The number of nitrogens with one attached hydrogen (secondary N) is 1. The summed E-state index contributed by atoms with van der Waals surface area (Å²) in [6.07, 6.45) is 1.62. The lowest BCUT2D eigenvalue weighted by Gasteiger charge is -2.17. The lowest BCUT2D eigenvalue weighted by atomic mass is 10.1. The molecule has 3 rings (SSSR count). The topological polar surface area (TPSA) is 43.6 Å². The van der Waals surface area contributed by atoms with Crippen molar-refractivity contribution < 1.29 is 13.9 Å². The van der Waals surface area contributed by atoms with Gasteiger partial charge in [0.25, 0.3) is 0 Å². The molecule has 1 N–H and O–H groups in total. The van der Waals surface area contributed by atoms with Gasteiger partial charge in [0.1, 0.15) is 17.4 Å². The molecule has 27 heavy (non-hydrogen) atoms. The normalized spacial score (nSPS) is 10.5. The number of benzene rings is 2. The van der Waals surface area contributed by atoms with Crippen molar-refractivity contribution in [2.45, 2.75) is 13.2 Å². The number of thiocarbonyl (C=S) groups is 1. The van der Waals surface area contributed by atoms with E-state index < -0.39 is 0 Å². The highest BCUT2D eigenvalue weighted by Gasteiger charge is 2.16. The van der Waals surface area contributed by atoms with Gasteiger partial charge in [-0.25, -0.2) is 0 Å². The molecule has 1 heterocycles. The smallest absolute Gasteiger partial charge is 0.171 e. The highest BCUT2D eigenvalue weighted by molar-refractivity contribution is 7.80. The van der Waals surface area contributed by atoms with Crippen LogP contribution in [0.25, 0.3) is 0 Å². The van der Waals surface area contributed by atoms with Crippen LogP contribution in [0.5, 0.6) is 11.5 Å². The Morgan fingerprint density at radius 1 is 1.07 bits per heavy atom. The SMILES string of the molecule is COc1cccc(C(=S)NCc2ccco2)c1OCc1c(Cl)cccc1Cl. The third-order valence-electron chi connectivity index (χ3n) is 3.87. The summed E-state index contributed by atoms with van der Waals surface area (Å²) in [7, 11) is 1.58. The summed E-state index contributed by atoms with van der Waals surface area (Å²) in [5.41, 5.74) is 1.41. The molecular formula is C20H17Cl2NO3S. The van der Waals surface area contributed by atoms with E-state index in [1.54, 1.807) is 31.6 Å². The van der Waals surface area contributed by atoms with Crippen molar-refractivity contribution in [2.75, 3.05) is 7.11 Å². The molecule has 0 saturated carbocycles. The number of hydrogen-bond acceptors (Lipinski definition) is 4. The molecule has 0 saturated heterocycles. The summed E-state index contributed by atoms with van der Waals surface area (Å²) in [6.45, 7) is 0.658. The number of halogens is 2. The van der Waals surface area contributed by atoms with Gasteiger partial charge >= 0.3 is 0 Å². The molecule has 0 aliphatic rings. The van der Waals surface area contributed by atoms with Crippen molar-refractivity contribution in [3.8, 4) is 11.5 Å². The number of rotatable bonds is 7. The van der Waals surface area contributed by atoms with Crippen molar-refractivity contribution in [2.24, 2.45) is 0 Å². The first-order valence-corrected chi connectivity index (χ1v) is 9.30. The quantitative estimate of drug-likeness (QED) is 0.500. The Morgan fingerprint density at radius 3 is 2.48 bits per heavy atom. The average molecular weight is 422 g/mol. The Morgan fingerprint density at radius 2 is 1.81 bits per heavy atom. The largest absolute Gasteiger partial charge is 0.493 e. The molecule has 0 radical (unpaired) electrons. The summed E-state index contributed by atoms with van der Waals surface area (Å²) in [6, 6.07) is 14.5. The number of methoxy groups -OCH3 is 1. The summed E-state index contributed by atoms with van der Waals surface area (Å²) in [5.74, 6) is 1.87. The molecule has 4 nitrogen and oxygen atoms in total. The summed E-state index contributed by atoms with van der Waals surface area (Å²) < 4.78 is 16.8. The van der Waals surface area contributed by atoms with E-state index in [4.69, 9.17) is 49.3 Å². The van der Waals surface area contributed by atoms with Crippen LogP contribution in [0, 0.1) is 0 Å². The molecule has 140 valence electrons. The predicted octanol–water partition coefficient (Wildman–Crippen LogP) is 5.64. The molecule has 2 aromatic carbocycles. The van der Waals surface area contributed by atoms with Gasteiger partial charge in [0.2, 0.25) is 0 Å². The summed E-state index contributed by atoms with van der Waals surface area (Å²) in [4.78, 5) is 0.519. The molecule has 1 aromatic heterocycles. The highest BCUT2D eigenvalue weighted by atomic mass is 35.5. The van der Waals surface area contributed by atoms with Crippen molar-refractivity contribution in [1.29, 1.82) is 0 Å². The zero-order valence-corrected chi connectivity index (χ0v) is 16.8. The molecule has 0 fully saturated rings. The second-order valence-electron chi connectivity index (χ2n) is 5.59. The van der Waals surface area contributed by atoms with Gasteiger partial charge in [0.05, 0.1) is 25.5 Å². The molecule has 0 spiro atoms. The van der Waals surface area contributed by atoms with E-state index in [0.717, 1.165) is 5.76 Å². The first-order chi connectivity index (χ1) is 13.1. The van der Waals surface area contributed by atoms with E-state index in [9.17, 15) is 0 Å². The van der Waals surface area contributed by atoms with Crippen LogP contribution in [0.4, 0.5) is 0 Å². The van der Waals surface area contributed by atoms with E-state index in [2.05, 4.69) is 5.32 Å². The van der Waals surface area contributed by atoms with Crippen LogP contribution in [-0.2, 0) is 13.2 Å². The first-order valence-electron chi connectivity index (χ1n) is 8.13. The van der Waals surface area contributed by atoms with Crippen molar-refractivity contribution >= 4 is 40.4 Å². The Labute approximate surface area is 173 Å². The van der Waals surface area contributed by atoms with Crippen LogP contribution in [-0.4, -0.2) is 12.1 Å². The molecule has 7 heteroatoms. The molecule has 0 aliphatic heterocycles. The monoisotopic (exact) mass is 421 g/mol. The van der Waals surface area contributed by atoms with Crippen LogP contribution in [0.1, 0.15) is 16.9 Å². The van der Waals surface area contributed by atoms with Crippen LogP contribution >= 0.6 is 35.4 Å². The zero-order chi connectivity index (χ0) is 19.2. The lowest BCUT2D eigenvalue weighted by molar-refractivity contribution is 0.284. The minimum atomic E-state index is 0.187. The number of para-hydroxylation sites is 1. The average Bonchev–Trinajstić information content (AvgIpc) is 3.19. The number of furan rings is 1. The molecule has 0 amide bonds. The molecule has 0 aliphatic carbocycles. The maximum atomic E-state index is 6.23. The van der Waals surface area contributed by atoms with Gasteiger partial charge in [0.15, 0.2) is 11.5 Å². The second kappa shape index (κ2) is 9.13. The van der Waals surface area contributed by atoms with Crippen LogP contribution < -0.4 is 14.8 Å². The third kappa shape index (κ3) is 4.75. The van der Waals surface area contributed by atoms with Gasteiger partial charge in [-0.05, 0) is 36.4 Å². The number of ether oxygens (including phenoxy) is 2. The summed E-state index contributed by atoms with van der Waals surface area (Å²) >= 11 is 18.0. The Bertz CT molecular complexity index is 909. The Hall–Kier alpha value is -2.21. The fourth-order valence-corrected chi connectivity index (χ4v) is 3.23. The highest BCUT2D eigenvalue weighted by Crippen LogP contribution is 2.34. The van der Waals surface area contributed by atoms with Crippen LogP contribution in [0.2, 0.25) is 10.0 Å². The standard InChI is InChI=1S/C20H17Cl2NO3S/c1-24-18-9-2-6-14(20(27)23-11-13-5-4-10-25-13)19(18)26-12-15-16(21)7-3-8-17(15)22/h2-10H,11-12H2,1H3,(H,23,27). The molecule has 0 unspecified atom stereocenters. The molecule has 0 atom stereocenters. The van der Waals surface area contributed by atoms with E-state index in [1.807, 2.05) is 30.3 Å². The maximum absolute atomic E-state index is 6.23. The van der Waals surface area contributed by atoms with Gasteiger partial charge in [-0.3, -0.25) is 0 Å². The van der Waals surface area contributed by atoms with Crippen molar-refractivity contribution in [3.63, 3.8) is 0 Å². The second-order valence-corrected chi connectivity index (χ2v) is 6.81. The van der Waals surface area contributed by atoms with E-state index in [-0.39, 0.29) is 6.61 Å². The minimum absolute atomic E-state index is 0.187. The lowest BCUT2D eigenvalue weighted by Crippen LogP contribution is -2.22. The molecular weight excluding hydrogens is 405 g/mol. The maximum Gasteiger partial charge on any atom is 0.171 e. The van der Waals surface area contributed by atoms with Gasteiger partial charge < -0.3 is 19.2 Å². The minimum Gasteiger partial charge on any atom is -0.493 e. The third-order valence-corrected chi connectivity index (χ3v) is 4.94. The fourth-order valence-electron chi connectivity index (χ4n) is 2.49. The van der Waals surface area contributed by atoms with Gasteiger partial charge in [-0.1, -0.05) is 47.6 Å². The zero-order valence-electron chi connectivity index (χ0n) is 14.5. The number of hydrogen-bond donors (Lipinski definition) is 1. The Kier molecular flexibility index (Phi) is 6.61. The van der Waals surface area contributed by atoms with Crippen LogP contribution in [0.15, 0.2) is 59.2 Å². The van der Waals surface area contributed by atoms with Gasteiger partial charge in [-0.15, -0.1) is 0 Å². The van der Waals surface area contributed by atoms with Crippen LogP contribution in [0.3, 0.4) is 0 Å². The fraction of sp³-hybridized carbons (Fsp3) is 0.150. The van der Waals surface area contributed by atoms with E-state index in [0.29, 0.717) is 44.2 Å². The molecule has 3 aromatic rings. The van der Waals surface area contributed by atoms with Gasteiger partial charge in [0, 0.05) is 15.6 Å². The first kappa shape index (κ1) is 19.5. The van der Waals surface area contributed by atoms with E-state index in [1.165, 1.54) is 0 Å². The molecule has 0 bridgehead atoms. The van der Waals surface area contributed by atoms with E-state index >= 15 is 0 Å². The summed E-state index contributed by atoms with van der Waals surface area (Å²) in [5, 5.41) is 4.24. The predicted molar refractivity (Wildman–Crippen MR) is 111 cm³/mol. The van der Waals surface area contributed by atoms with Gasteiger partial charge in [-0.2, -0.15) is 0 Å².